The standard InChI is InChI=1S/C15H14ClN3O5S/c1-9-3-5-11(8-14(9)25(23,24)17-2)18-15(20)12-7-10(16)4-6-13(12)19(21)22/h3-8,17H,1-2H3,(H,18,20). The third kappa shape index (κ3) is 4.13. The number of hydrogen-bond acceptors (Lipinski definition) is 5. The largest absolute Gasteiger partial charge is 0.322 e. The molecule has 25 heavy (non-hydrogen) atoms. The molecule has 0 radical (unpaired) electrons. The van der Waals surface area contributed by atoms with Gasteiger partial charge in [0.2, 0.25) is 10.0 Å². The number of halogens is 1. The summed E-state index contributed by atoms with van der Waals surface area (Å²) in [6.07, 6.45) is 0. The molecular weight excluding hydrogens is 370 g/mol. The number of nitro benzene ring substituents is 1. The number of nitro groups is 1. The zero-order valence-electron chi connectivity index (χ0n) is 13.2. The van der Waals surface area contributed by atoms with Gasteiger partial charge in [0.25, 0.3) is 11.6 Å². The molecule has 1 amide bonds. The van der Waals surface area contributed by atoms with E-state index in [4.69, 9.17) is 11.6 Å². The summed E-state index contributed by atoms with van der Waals surface area (Å²) in [5.74, 6) is -0.772. The second-order valence-corrected chi connectivity index (χ2v) is 7.35. The minimum Gasteiger partial charge on any atom is -0.322 e. The second kappa shape index (κ2) is 7.18. The van der Waals surface area contributed by atoms with Gasteiger partial charge in [0, 0.05) is 16.8 Å². The van der Waals surface area contributed by atoms with Crippen LogP contribution in [0, 0.1) is 17.0 Å². The van der Waals surface area contributed by atoms with Gasteiger partial charge in [0.15, 0.2) is 0 Å². The number of sulfonamides is 1. The van der Waals surface area contributed by atoms with Crippen LogP contribution in [0.25, 0.3) is 0 Å². The van der Waals surface area contributed by atoms with Crippen molar-refractivity contribution >= 4 is 38.9 Å². The number of nitrogens with one attached hydrogen (secondary N) is 2. The summed E-state index contributed by atoms with van der Waals surface area (Å²) < 4.78 is 26.2. The number of hydrogen-bond donors (Lipinski definition) is 2. The normalized spacial score (nSPS) is 11.2. The minimum atomic E-state index is -3.71. The molecule has 0 bridgehead atoms. The van der Waals surface area contributed by atoms with Crippen molar-refractivity contribution in [1.82, 2.24) is 4.72 Å². The van der Waals surface area contributed by atoms with Crippen LogP contribution in [0.4, 0.5) is 11.4 Å². The molecule has 2 aromatic carbocycles. The monoisotopic (exact) mass is 383 g/mol. The maximum absolute atomic E-state index is 12.4. The van der Waals surface area contributed by atoms with Gasteiger partial charge in [0.05, 0.1) is 9.82 Å². The summed E-state index contributed by atoms with van der Waals surface area (Å²) in [5, 5.41) is 13.7. The molecule has 0 aromatic heterocycles. The van der Waals surface area contributed by atoms with E-state index in [2.05, 4.69) is 10.0 Å². The van der Waals surface area contributed by atoms with Crippen molar-refractivity contribution in [3.8, 4) is 0 Å². The average molecular weight is 384 g/mol. The lowest BCUT2D eigenvalue weighted by Gasteiger charge is -2.10. The molecule has 0 atom stereocenters. The van der Waals surface area contributed by atoms with E-state index in [-0.39, 0.29) is 21.2 Å². The number of amides is 1. The first-order chi connectivity index (χ1) is 11.7. The van der Waals surface area contributed by atoms with Gasteiger partial charge in [-0.1, -0.05) is 17.7 Å². The molecule has 2 N–H and O–H groups in total. The van der Waals surface area contributed by atoms with Gasteiger partial charge in [-0.15, -0.1) is 0 Å². The fourth-order valence-electron chi connectivity index (χ4n) is 2.13. The lowest BCUT2D eigenvalue weighted by molar-refractivity contribution is -0.385. The Morgan fingerprint density at radius 3 is 2.48 bits per heavy atom. The van der Waals surface area contributed by atoms with E-state index in [1.54, 1.807) is 6.92 Å². The molecule has 0 saturated heterocycles. The highest BCUT2D eigenvalue weighted by Crippen LogP contribution is 2.25. The molecule has 10 heteroatoms. The molecule has 0 aliphatic heterocycles. The highest BCUT2D eigenvalue weighted by atomic mass is 35.5. The lowest BCUT2D eigenvalue weighted by Crippen LogP contribution is -2.20. The SMILES string of the molecule is CNS(=O)(=O)c1cc(NC(=O)c2cc(Cl)ccc2[N+](=O)[O-])ccc1C. The average Bonchev–Trinajstić information content (AvgIpc) is 2.56. The predicted molar refractivity (Wildman–Crippen MR) is 93.5 cm³/mol. The van der Waals surface area contributed by atoms with Gasteiger partial charge >= 0.3 is 0 Å². The van der Waals surface area contributed by atoms with Crippen molar-refractivity contribution in [2.45, 2.75) is 11.8 Å². The molecule has 0 fully saturated rings. The fourth-order valence-corrected chi connectivity index (χ4v) is 3.29. The molecule has 8 nitrogen and oxygen atoms in total. The van der Waals surface area contributed by atoms with Crippen LogP contribution in [0.5, 0.6) is 0 Å². The Morgan fingerprint density at radius 2 is 1.88 bits per heavy atom. The molecule has 0 aliphatic carbocycles. The number of nitrogens with zero attached hydrogens (tertiary/aromatic N) is 1. The van der Waals surface area contributed by atoms with Crippen LogP contribution in [-0.2, 0) is 10.0 Å². The summed E-state index contributed by atoms with van der Waals surface area (Å²) >= 11 is 5.80. The van der Waals surface area contributed by atoms with Crippen molar-refractivity contribution in [1.29, 1.82) is 0 Å². The van der Waals surface area contributed by atoms with Crippen LogP contribution in [0.15, 0.2) is 41.3 Å². The quantitative estimate of drug-likeness (QED) is 0.607. The van der Waals surface area contributed by atoms with E-state index in [1.165, 1.54) is 37.4 Å². The van der Waals surface area contributed by atoms with Gasteiger partial charge in [0.1, 0.15) is 5.56 Å². The van der Waals surface area contributed by atoms with Gasteiger partial charge < -0.3 is 5.32 Å². The lowest BCUT2D eigenvalue weighted by atomic mass is 10.1. The Morgan fingerprint density at radius 1 is 1.20 bits per heavy atom. The van der Waals surface area contributed by atoms with Gasteiger partial charge in [-0.25, -0.2) is 13.1 Å². The molecule has 2 aromatic rings. The van der Waals surface area contributed by atoms with E-state index in [0.717, 1.165) is 6.07 Å². The number of benzene rings is 2. The number of anilines is 1. The molecule has 0 unspecified atom stereocenters. The van der Waals surface area contributed by atoms with Crippen molar-refractivity contribution in [3.63, 3.8) is 0 Å². The van der Waals surface area contributed by atoms with E-state index < -0.39 is 26.5 Å². The third-order valence-electron chi connectivity index (χ3n) is 3.40. The fraction of sp³-hybridized carbons (Fsp3) is 0.133. The van der Waals surface area contributed by atoms with E-state index in [1.807, 2.05) is 0 Å². The van der Waals surface area contributed by atoms with E-state index in [9.17, 15) is 23.3 Å². The van der Waals surface area contributed by atoms with Crippen molar-refractivity contribution < 1.29 is 18.1 Å². The van der Waals surface area contributed by atoms with Crippen molar-refractivity contribution in [2.75, 3.05) is 12.4 Å². The molecule has 132 valence electrons. The minimum absolute atomic E-state index is 0.00612. The zero-order chi connectivity index (χ0) is 18.8. The Balaban J connectivity index is 2.41. The summed E-state index contributed by atoms with van der Waals surface area (Å²) in [4.78, 5) is 22.7. The molecule has 0 spiro atoms. The van der Waals surface area contributed by atoms with Crippen molar-refractivity contribution in [3.05, 3.63) is 62.7 Å². The van der Waals surface area contributed by atoms with Gasteiger partial charge in [-0.3, -0.25) is 14.9 Å². The summed E-state index contributed by atoms with van der Waals surface area (Å²) in [5.41, 5.74) is 0.0352. The first kappa shape index (κ1) is 18.8. The number of carbonyl (C=O) groups is 1. The van der Waals surface area contributed by atoms with E-state index >= 15 is 0 Å². The third-order valence-corrected chi connectivity index (χ3v) is 5.20. The Labute approximate surface area is 149 Å². The maximum atomic E-state index is 12.4. The van der Waals surface area contributed by atoms with Crippen LogP contribution in [0.1, 0.15) is 15.9 Å². The molecular formula is C15H14ClN3O5S. The number of rotatable bonds is 5. The van der Waals surface area contributed by atoms with Crippen LogP contribution in [-0.4, -0.2) is 26.3 Å². The first-order valence-corrected chi connectivity index (χ1v) is 8.81. The summed E-state index contributed by atoms with van der Waals surface area (Å²) in [7, 11) is -2.44. The van der Waals surface area contributed by atoms with Crippen LogP contribution in [0.2, 0.25) is 5.02 Å². The van der Waals surface area contributed by atoms with Crippen LogP contribution in [0.3, 0.4) is 0 Å². The Bertz CT molecular complexity index is 960. The smallest absolute Gasteiger partial charge is 0.282 e. The molecule has 0 saturated carbocycles. The van der Waals surface area contributed by atoms with E-state index in [0.29, 0.717) is 5.56 Å². The second-order valence-electron chi connectivity index (χ2n) is 5.06. The molecule has 0 heterocycles. The highest BCUT2D eigenvalue weighted by molar-refractivity contribution is 7.89. The predicted octanol–water partition coefficient (Wildman–Crippen LogP) is 2.72. The van der Waals surface area contributed by atoms with Crippen LogP contribution < -0.4 is 10.0 Å². The Hall–Kier alpha value is -2.49. The summed E-state index contributed by atoms with van der Waals surface area (Å²) in [6.45, 7) is 1.61. The number of aryl methyl sites for hydroxylation is 1. The van der Waals surface area contributed by atoms with Crippen LogP contribution >= 0.6 is 11.6 Å². The van der Waals surface area contributed by atoms with Crippen molar-refractivity contribution in [2.24, 2.45) is 0 Å². The molecule has 0 aliphatic rings. The highest BCUT2D eigenvalue weighted by Gasteiger charge is 2.21. The van der Waals surface area contributed by atoms with Gasteiger partial charge in [-0.2, -0.15) is 0 Å². The Kier molecular flexibility index (Phi) is 5.41. The summed E-state index contributed by atoms with van der Waals surface area (Å²) in [6, 6.07) is 7.90. The topological polar surface area (TPSA) is 118 Å². The van der Waals surface area contributed by atoms with Gasteiger partial charge in [-0.05, 0) is 43.8 Å². The zero-order valence-corrected chi connectivity index (χ0v) is 14.8. The molecule has 2 rings (SSSR count). The maximum Gasteiger partial charge on any atom is 0.282 e. The first-order valence-electron chi connectivity index (χ1n) is 6.95. The number of carbonyl (C=O) groups excluding carboxylic acids is 1.